The zero-order chi connectivity index (χ0) is 15.3. The van der Waals surface area contributed by atoms with Crippen molar-refractivity contribution in [3.63, 3.8) is 0 Å². The predicted octanol–water partition coefficient (Wildman–Crippen LogP) is 2.03. The minimum absolute atomic E-state index is 0.251. The fraction of sp³-hybridized carbons (Fsp3) is 0.615. The summed E-state index contributed by atoms with van der Waals surface area (Å²) in [6.45, 7) is 0.754. The molecule has 0 unspecified atom stereocenters. The van der Waals surface area contributed by atoms with Crippen LogP contribution < -0.4 is 5.32 Å². The fourth-order valence-electron chi connectivity index (χ4n) is 2.34. The van der Waals surface area contributed by atoms with Gasteiger partial charge in [0.1, 0.15) is 11.9 Å². The van der Waals surface area contributed by atoms with Crippen LogP contribution in [0, 0.1) is 17.2 Å². The van der Waals surface area contributed by atoms with Crippen molar-refractivity contribution < 1.29 is 13.2 Å². The van der Waals surface area contributed by atoms with E-state index >= 15 is 0 Å². The molecule has 0 bridgehead atoms. The molecule has 0 atom stereocenters. The van der Waals surface area contributed by atoms with Crippen molar-refractivity contribution in [3.8, 4) is 6.07 Å². The molecular formula is C13H16F3N5. The molecule has 0 amide bonds. The third kappa shape index (κ3) is 5.19. The Balaban J connectivity index is 1.72. The highest BCUT2D eigenvalue weighted by Gasteiger charge is 2.32. The van der Waals surface area contributed by atoms with E-state index in [1.54, 1.807) is 12.1 Å². The van der Waals surface area contributed by atoms with E-state index in [9.17, 15) is 13.2 Å². The van der Waals surface area contributed by atoms with Crippen LogP contribution in [0.2, 0.25) is 0 Å². The van der Waals surface area contributed by atoms with Gasteiger partial charge in [-0.3, -0.25) is 4.90 Å². The highest BCUT2D eigenvalue weighted by molar-refractivity contribution is 5.35. The first kappa shape index (κ1) is 15.5. The van der Waals surface area contributed by atoms with Crippen LogP contribution in [0.1, 0.15) is 18.5 Å². The van der Waals surface area contributed by atoms with Gasteiger partial charge in [-0.2, -0.15) is 18.4 Å². The van der Waals surface area contributed by atoms with Gasteiger partial charge in [-0.15, -0.1) is 10.2 Å². The van der Waals surface area contributed by atoms with Gasteiger partial charge in [-0.1, -0.05) is 0 Å². The lowest BCUT2D eigenvalue weighted by Crippen LogP contribution is -2.41. The van der Waals surface area contributed by atoms with Crippen molar-refractivity contribution >= 4 is 5.82 Å². The van der Waals surface area contributed by atoms with Crippen LogP contribution in [-0.4, -0.2) is 47.5 Å². The van der Waals surface area contributed by atoms with Gasteiger partial charge in [-0.05, 0) is 44.0 Å². The molecule has 2 heterocycles. The first-order chi connectivity index (χ1) is 9.96. The molecule has 0 spiro atoms. The summed E-state index contributed by atoms with van der Waals surface area (Å²) >= 11 is 0. The highest BCUT2D eigenvalue weighted by Crippen LogP contribution is 2.22. The van der Waals surface area contributed by atoms with E-state index in [1.165, 1.54) is 4.90 Å². The molecule has 2 rings (SSSR count). The second-order valence-corrected chi connectivity index (χ2v) is 5.13. The van der Waals surface area contributed by atoms with Crippen LogP contribution in [0.5, 0.6) is 0 Å². The average molecular weight is 299 g/mol. The largest absolute Gasteiger partial charge is 0.401 e. The van der Waals surface area contributed by atoms with Crippen LogP contribution >= 0.6 is 0 Å². The molecule has 5 nitrogen and oxygen atoms in total. The SMILES string of the molecule is N#Cc1ccc(NCC2CCN(CC(F)(F)F)CC2)nn1. The number of aromatic nitrogens is 2. The molecule has 1 aromatic heterocycles. The van der Waals surface area contributed by atoms with Gasteiger partial charge in [0.2, 0.25) is 0 Å². The first-order valence-electron chi connectivity index (χ1n) is 6.73. The smallest absolute Gasteiger partial charge is 0.368 e. The van der Waals surface area contributed by atoms with Gasteiger partial charge in [0, 0.05) is 6.54 Å². The zero-order valence-corrected chi connectivity index (χ0v) is 11.4. The van der Waals surface area contributed by atoms with E-state index in [4.69, 9.17) is 5.26 Å². The van der Waals surface area contributed by atoms with Crippen molar-refractivity contribution in [1.29, 1.82) is 5.26 Å². The number of nitriles is 1. The number of rotatable bonds is 4. The molecular weight excluding hydrogens is 283 g/mol. The Morgan fingerprint density at radius 3 is 2.52 bits per heavy atom. The second kappa shape index (κ2) is 6.72. The third-order valence-electron chi connectivity index (χ3n) is 3.46. The number of halogens is 3. The number of hydrogen-bond acceptors (Lipinski definition) is 5. The maximum atomic E-state index is 12.3. The fourth-order valence-corrected chi connectivity index (χ4v) is 2.34. The molecule has 1 saturated heterocycles. The normalized spacial score (nSPS) is 17.4. The number of likely N-dealkylation sites (tertiary alicyclic amines) is 1. The summed E-state index contributed by atoms with van der Waals surface area (Å²) in [5, 5.41) is 19.3. The zero-order valence-electron chi connectivity index (χ0n) is 11.4. The van der Waals surface area contributed by atoms with Crippen LogP contribution in [0.4, 0.5) is 19.0 Å². The molecule has 114 valence electrons. The van der Waals surface area contributed by atoms with Crippen molar-refractivity contribution in [2.24, 2.45) is 5.92 Å². The average Bonchev–Trinajstić information content (AvgIpc) is 2.45. The number of alkyl halides is 3. The van der Waals surface area contributed by atoms with E-state index < -0.39 is 12.7 Å². The molecule has 21 heavy (non-hydrogen) atoms. The van der Waals surface area contributed by atoms with Gasteiger partial charge >= 0.3 is 6.18 Å². The Labute approximate surface area is 120 Å². The van der Waals surface area contributed by atoms with Crippen molar-refractivity contribution in [1.82, 2.24) is 15.1 Å². The maximum Gasteiger partial charge on any atom is 0.401 e. The molecule has 8 heteroatoms. The van der Waals surface area contributed by atoms with E-state index in [-0.39, 0.29) is 5.69 Å². The lowest BCUT2D eigenvalue weighted by atomic mass is 9.97. The Hall–Kier alpha value is -1.88. The van der Waals surface area contributed by atoms with Gasteiger partial charge in [0.25, 0.3) is 0 Å². The molecule has 1 aromatic rings. The quantitative estimate of drug-likeness (QED) is 0.921. The Kier molecular flexibility index (Phi) is 4.96. The van der Waals surface area contributed by atoms with E-state index in [1.807, 2.05) is 6.07 Å². The van der Waals surface area contributed by atoms with E-state index in [2.05, 4.69) is 15.5 Å². The Morgan fingerprint density at radius 2 is 2.00 bits per heavy atom. The van der Waals surface area contributed by atoms with Crippen molar-refractivity contribution in [2.45, 2.75) is 19.0 Å². The molecule has 0 radical (unpaired) electrons. The summed E-state index contributed by atoms with van der Waals surface area (Å²) in [5.41, 5.74) is 0.251. The summed E-state index contributed by atoms with van der Waals surface area (Å²) in [6, 6.07) is 5.13. The molecule has 0 aliphatic carbocycles. The standard InChI is InChI=1S/C13H16F3N5/c14-13(15,16)9-21-5-3-10(4-6-21)8-18-12-2-1-11(7-17)19-20-12/h1-2,10H,3-6,8-9H2,(H,18,20). The van der Waals surface area contributed by atoms with Gasteiger partial charge in [0.15, 0.2) is 5.69 Å². The number of hydrogen-bond donors (Lipinski definition) is 1. The number of piperidine rings is 1. The molecule has 0 aromatic carbocycles. The van der Waals surface area contributed by atoms with Crippen molar-refractivity contribution in [2.75, 3.05) is 31.5 Å². The topological polar surface area (TPSA) is 64.8 Å². The van der Waals surface area contributed by atoms with Gasteiger partial charge in [0.05, 0.1) is 6.54 Å². The summed E-state index contributed by atoms with van der Waals surface area (Å²) in [7, 11) is 0. The highest BCUT2D eigenvalue weighted by atomic mass is 19.4. The monoisotopic (exact) mass is 299 g/mol. The maximum absolute atomic E-state index is 12.3. The Morgan fingerprint density at radius 1 is 1.29 bits per heavy atom. The molecule has 0 saturated carbocycles. The minimum Gasteiger partial charge on any atom is -0.368 e. The van der Waals surface area contributed by atoms with Gasteiger partial charge < -0.3 is 5.32 Å². The summed E-state index contributed by atoms with van der Waals surface area (Å²) < 4.78 is 36.8. The number of nitrogens with one attached hydrogen (secondary N) is 1. The van der Waals surface area contributed by atoms with E-state index in [0.29, 0.717) is 31.4 Å². The van der Waals surface area contributed by atoms with Crippen LogP contribution in [0.15, 0.2) is 12.1 Å². The van der Waals surface area contributed by atoms with Gasteiger partial charge in [-0.25, -0.2) is 0 Å². The van der Waals surface area contributed by atoms with Crippen LogP contribution in [0.3, 0.4) is 0 Å². The molecule has 1 fully saturated rings. The minimum atomic E-state index is -4.12. The molecule has 1 N–H and O–H groups in total. The lowest BCUT2D eigenvalue weighted by molar-refractivity contribution is -0.148. The van der Waals surface area contributed by atoms with Crippen LogP contribution in [-0.2, 0) is 0 Å². The Bertz CT molecular complexity index is 486. The summed E-state index contributed by atoms with van der Waals surface area (Å²) in [6.07, 6.45) is -2.66. The second-order valence-electron chi connectivity index (χ2n) is 5.13. The predicted molar refractivity (Wildman–Crippen MR) is 70.5 cm³/mol. The lowest BCUT2D eigenvalue weighted by Gasteiger charge is -2.32. The summed E-state index contributed by atoms with van der Waals surface area (Å²) in [4.78, 5) is 1.44. The number of nitrogens with zero attached hydrogens (tertiary/aromatic N) is 4. The van der Waals surface area contributed by atoms with E-state index in [0.717, 1.165) is 12.8 Å². The summed E-state index contributed by atoms with van der Waals surface area (Å²) in [5.74, 6) is 0.902. The number of anilines is 1. The molecule has 1 aliphatic rings. The molecule has 1 aliphatic heterocycles. The van der Waals surface area contributed by atoms with Crippen LogP contribution in [0.25, 0.3) is 0 Å². The third-order valence-corrected chi connectivity index (χ3v) is 3.46. The first-order valence-corrected chi connectivity index (χ1v) is 6.73. The van der Waals surface area contributed by atoms with Crippen molar-refractivity contribution in [3.05, 3.63) is 17.8 Å².